The van der Waals surface area contributed by atoms with Gasteiger partial charge in [0.2, 0.25) is 0 Å². The number of rotatable bonds is 2. The molecule has 1 aliphatic rings. The Balaban J connectivity index is 0.00000144. The molecule has 1 saturated heterocycles. The Kier molecular flexibility index (Phi) is 4.71. The van der Waals surface area contributed by atoms with E-state index in [9.17, 15) is 4.79 Å². The third-order valence-corrected chi connectivity index (χ3v) is 2.79. The molecule has 13 heavy (non-hydrogen) atoms. The van der Waals surface area contributed by atoms with E-state index >= 15 is 0 Å². The number of nitrogens with one attached hydrogen (secondary N) is 1. The molecule has 4 heteroatoms. The van der Waals surface area contributed by atoms with Crippen molar-refractivity contribution in [1.82, 2.24) is 5.32 Å². The van der Waals surface area contributed by atoms with Crippen LogP contribution in [0.1, 0.15) is 20.3 Å². The van der Waals surface area contributed by atoms with Gasteiger partial charge in [0.05, 0.1) is 12.5 Å². The Morgan fingerprint density at radius 2 is 2.15 bits per heavy atom. The van der Waals surface area contributed by atoms with Crippen molar-refractivity contribution < 1.29 is 9.53 Å². The van der Waals surface area contributed by atoms with Crippen molar-refractivity contribution in [3.05, 3.63) is 0 Å². The van der Waals surface area contributed by atoms with Crippen LogP contribution in [0, 0.1) is 11.3 Å². The molecular formula is C9H18ClNO2. The zero-order chi connectivity index (χ0) is 9.19. The Hall–Kier alpha value is -0.280. The predicted octanol–water partition coefficient (Wildman–Crippen LogP) is 1.22. The molecule has 1 rings (SSSR count). The summed E-state index contributed by atoms with van der Waals surface area (Å²) in [4.78, 5) is 11.4. The molecule has 78 valence electrons. The van der Waals surface area contributed by atoms with E-state index in [1.807, 2.05) is 13.8 Å². The molecule has 0 amide bonds. The Bertz CT molecular complexity index is 176. The van der Waals surface area contributed by atoms with E-state index in [1.54, 1.807) is 0 Å². The molecule has 1 heterocycles. The molecule has 3 nitrogen and oxygen atoms in total. The van der Waals surface area contributed by atoms with Gasteiger partial charge < -0.3 is 10.1 Å². The largest absolute Gasteiger partial charge is 0.469 e. The highest BCUT2D eigenvalue weighted by Gasteiger charge is 2.38. The highest BCUT2D eigenvalue weighted by atomic mass is 35.5. The minimum Gasteiger partial charge on any atom is -0.469 e. The molecule has 0 spiro atoms. The van der Waals surface area contributed by atoms with E-state index in [1.165, 1.54) is 7.11 Å². The maximum atomic E-state index is 11.4. The first-order valence-electron chi connectivity index (χ1n) is 4.38. The summed E-state index contributed by atoms with van der Waals surface area (Å²) in [5, 5.41) is 3.25. The van der Waals surface area contributed by atoms with Crippen molar-refractivity contribution in [2.75, 3.05) is 20.2 Å². The molecule has 0 saturated carbocycles. The van der Waals surface area contributed by atoms with Gasteiger partial charge in [0, 0.05) is 0 Å². The topological polar surface area (TPSA) is 38.3 Å². The first-order valence-corrected chi connectivity index (χ1v) is 4.38. The van der Waals surface area contributed by atoms with Crippen LogP contribution >= 0.6 is 12.4 Å². The fourth-order valence-corrected chi connectivity index (χ4v) is 1.70. The number of carbonyl (C=O) groups excluding carboxylic acids is 1. The number of halogens is 1. The lowest BCUT2D eigenvalue weighted by Gasteiger charge is -2.27. The van der Waals surface area contributed by atoms with Gasteiger partial charge in [-0.3, -0.25) is 4.79 Å². The number of hydrogen-bond donors (Lipinski definition) is 1. The second kappa shape index (κ2) is 4.82. The normalized spacial score (nSPS) is 22.2. The fraction of sp³-hybridized carbons (Fsp3) is 0.889. The highest BCUT2D eigenvalue weighted by Crippen LogP contribution is 2.32. The Morgan fingerprint density at radius 1 is 1.54 bits per heavy atom. The van der Waals surface area contributed by atoms with Crippen LogP contribution in [0.3, 0.4) is 0 Å². The quantitative estimate of drug-likeness (QED) is 0.692. The van der Waals surface area contributed by atoms with Gasteiger partial charge in [0.1, 0.15) is 0 Å². The molecule has 1 atom stereocenters. The first kappa shape index (κ1) is 12.7. The summed E-state index contributed by atoms with van der Waals surface area (Å²) in [5.74, 6) is 0.321. The fourth-order valence-electron chi connectivity index (χ4n) is 1.70. The van der Waals surface area contributed by atoms with Crippen molar-refractivity contribution >= 4 is 18.4 Å². The molecule has 0 aromatic rings. The summed E-state index contributed by atoms with van der Waals surface area (Å²) < 4.78 is 4.76. The van der Waals surface area contributed by atoms with Crippen molar-refractivity contribution in [3.63, 3.8) is 0 Å². The maximum Gasteiger partial charge on any atom is 0.311 e. The van der Waals surface area contributed by atoms with Crippen LogP contribution in [0.5, 0.6) is 0 Å². The number of methoxy groups -OCH3 is 1. The van der Waals surface area contributed by atoms with Gasteiger partial charge in [-0.25, -0.2) is 0 Å². The minimum absolute atomic E-state index is 0. The van der Waals surface area contributed by atoms with Gasteiger partial charge in [-0.2, -0.15) is 0 Å². The van der Waals surface area contributed by atoms with Gasteiger partial charge in [-0.05, 0) is 39.3 Å². The average Bonchev–Trinajstić information content (AvgIpc) is 2.55. The summed E-state index contributed by atoms with van der Waals surface area (Å²) in [6.07, 6.45) is 1.07. The SMILES string of the molecule is COC(=O)C(C)(C)C1CCNC1.Cl. The van der Waals surface area contributed by atoms with Crippen molar-refractivity contribution in [2.45, 2.75) is 20.3 Å². The average molecular weight is 208 g/mol. The second-order valence-corrected chi connectivity index (χ2v) is 3.90. The molecule has 1 unspecified atom stereocenters. The highest BCUT2D eigenvalue weighted by molar-refractivity contribution is 5.85. The zero-order valence-electron chi connectivity index (χ0n) is 8.42. The van der Waals surface area contributed by atoms with Gasteiger partial charge in [0.25, 0.3) is 0 Å². The van der Waals surface area contributed by atoms with E-state index in [2.05, 4.69) is 5.32 Å². The lowest BCUT2D eigenvalue weighted by Crippen LogP contribution is -2.35. The predicted molar refractivity (Wildman–Crippen MR) is 54.0 cm³/mol. The van der Waals surface area contributed by atoms with E-state index in [0.29, 0.717) is 5.92 Å². The third kappa shape index (κ3) is 2.58. The van der Waals surface area contributed by atoms with Gasteiger partial charge >= 0.3 is 5.97 Å². The molecule has 1 N–H and O–H groups in total. The van der Waals surface area contributed by atoms with Crippen LogP contribution in [-0.2, 0) is 9.53 Å². The molecule has 1 fully saturated rings. The summed E-state index contributed by atoms with van der Waals surface area (Å²) in [5.41, 5.74) is -0.335. The minimum atomic E-state index is -0.335. The molecule has 0 radical (unpaired) electrons. The number of esters is 1. The zero-order valence-corrected chi connectivity index (χ0v) is 9.24. The summed E-state index contributed by atoms with van der Waals surface area (Å²) in [6.45, 7) is 5.86. The molecular weight excluding hydrogens is 190 g/mol. The monoisotopic (exact) mass is 207 g/mol. The van der Waals surface area contributed by atoms with Crippen molar-refractivity contribution in [2.24, 2.45) is 11.3 Å². The molecule has 0 aromatic heterocycles. The van der Waals surface area contributed by atoms with E-state index in [-0.39, 0.29) is 23.8 Å². The summed E-state index contributed by atoms with van der Waals surface area (Å²) >= 11 is 0. The van der Waals surface area contributed by atoms with Crippen molar-refractivity contribution in [3.8, 4) is 0 Å². The van der Waals surface area contributed by atoms with Gasteiger partial charge in [0.15, 0.2) is 0 Å². The van der Waals surface area contributed by atoms with E-state index in [4.69, 9.17) is 4.74 Å². The molecule has 0 aliphatic carbocycles. The number of ether oxygens (including phenoxy) is 1. The summed E-state index contributed by atoms with van der Waals surface area (Å²) in [6, 6.07) is 0. The standard InChI is InChI=1S/C9H17NO2.ClH/c1-9(2,8(11)12-3)7-4-5-10-6-7;/h7,10H,4-6H2,1-3H3;1H. The lowest BCUT2D eigenvalue weighted by molar-refractivity contribution is -0.153. The van der Waals surface area contributed by atoms with Crippen LogP contribution in [0.25, 0.3) is 0 Å². The first-order chi connectivity index (χ1) is 5.59. The molecule has 0 bridgehead atoms. The third-order valence-electron chi connectivity index (χ3n) is 2.79. The van der Waals surface area contributed by atoms with Crippen LogP contribution in [0.2, 0.25) is 0 Å². The van der Waals surface area contributed by atoms with E-state index in [0.717, 1.165) is 19.5 Å². The van der Waals surface area contributed by atoms with E-state index < -0.39 is 0 Å². The Labute approximate surface area is 85.6 Å². The molecule has 0 aromatic carbocycles. The van der Waals surface area contributed by atoms with Gasteiger partial charge in [-0.15, -0.1) is 12.4 Å². The maximum absolute atomic E-state index is 11.4. The summed E-state index contributed by atoms with van der Waals surface area (Å²) in [7, 11) is 1.45. The number of carbonyl (C=O) groups is 1. The van der Waals surface area contributed by atoms with Gasteiger partial charge in [-0.1, -0.05) is 0 Å². The van der Waals surface area contributed by atoms with Crippen LogP contribution in [-0.4, -0.2) is 26.2 Å². The molecule has 1 aliphatic heterocycles. The van der Waals surface area contributed by atoms with Crippen LogP contribution in [0.4, 0.5) is 0 Å². The smallest absolute Gasteiger partial charge is 0.311 e. The second-order valence-electron chi connectivity index (χ2n) is 3.90. The van der Waals surface area contributed by atoms with Crippen molar-refractivity contribution in [1.29, 1.82) is 0 Å². The number of hydrogen-bond acceptors (Lipinski definition) is 3. The lowest BCUT2D eigenvalue weighted by atomic mass is 9.78. The Morgan fingerprint density at radius 3 is 2.54 bits per heavy atom. The van der Waals surface area contributed by atoms with Crippen LogP contribution < -0.4 is 5.32 Å². The van der Waals surface area contributed by atoms with Crippen LogP contribution in [0.15, 0.2) is 0 Å².